The Morgan fingerprint density at radius 3 is 2.68 bits per heavy atom. The van der Waals surface area contributed by atoms with E-state index in [2.05, 4.69) is 29.7 Å². The highest BCUT2D eigenvalue weighted by Crippen LogP contribution is 2.16. The van der Waals surface area contributed by atoms with Crippen LogP contribution in [-0.2, 0) is 6.42 Å². The molecule has 0 aliphatic heterocycles. The molecule has 0 radical (unpaired) electrons. The number of nitrogens with one attached hydrogen (secondary N) is 2. The smallest absolute Gasteiger partial charge is 0.315 e. The lowest BCUT2D eigenvalue weighted by atomic mass is 10.1. The number of aliphatic hydroxyl groups excluding tert-OH is 1. The molecule has 108 valence electrons. The summed E-state index contributed by atoms with van der Waals surface area (Å²) in [6.45, 7) is 6.18. The molecule has 5 heteroatoms. The van der Waals surface area contributed by atoms with E-state index in [0.717, 1.165) is 12.8 Å². The predicted octanol–water partition coefficient (Wildman–Crippen LogP) is 2.45. The summed E-state index contributed by atoms with van der Waals surface area (Å²) in [5.74, 6) is 0. The number of hydrogen-bond donors (Lipinski definition) is 3. The normalized spacial score (nSPS) is 13.9. The van der Waals surface area contributed by atoms with Crippen LogP contribution in [0.2, 0.25) is 0 Å². The summed E-state index contributed by atoms with van der Waals surface area (Å²) < 4.78 is 0. The van der Waals surface area contributed by atoms with E-state index < -0.39 is 0 Å². The molecule has 1 heterocycles. The van der Waals surface area contributed by atoms with Gasteiger partial charge in [-0.3, -0.25) is 0 Å². The SMILES string of the molecule is CCC(CCO)NC(=O)NC(C)Cc1ccc(C)s1. The zero-order valence-corrected chi connectivity index (χ0v) is 12.7. The average molecular weight is 284 g/mol. The highest BCUT2D eigenvalue weighted by molar-refractivity contribution is 7.11. The minimum absolute atomic E-state index is 0.0428. The molecule has 0 aliphatic rings. The number of hydrogen-bond acceptors (Lipinski definition) is 3. The van der Waals surface area contributed by atoms with Gasteiger partial charge in [0.1, 0.15) is 0 Å². The summed E-state index contributed by atoms with van der Waals surface area (Å²) in [4.78, 5) is 14.4. The highest BCUT2D eigenvalue weighted by atomic mass is 32.1. The van der Waals surface area contributed by atoms with E-state index in [9.17, 15) is 4.79 Å². The van der Waals surface area contributed by atoms with Gasteiger partial charge in [-0.1, -0.05) is 6.92 Å². The van der Waals surface area contributed by atoms with Gasteiger partial charge in [0, 0.05) is 34.9 Å². The van der Waals surface area contributed by atoms with Crippen molar-refractivity contribution in [3.05, 3.63) is 21.9 Å². The van der Waals surface area contributed by atoms with Gasteiger partial charge in [-0.05, 0) is 38.8 Å². The topological polar surface area (TPSA) is 61.4 Å². The molecule has 1 aromatic rings. The van der Waals surface area contributed by atoms with Gasteiger partial charge in [-0.2, -0.15) is 0 Å². The fraction of sp³-hybridized carbons (Fsp3) is 0.643. The maximum atomic E-state index is 11.8. The lowest BCUT2D eigenvalue weighted by Gasteiger charge is -2.19. The molecule has 0 saturated carbocycles. The van der Waals surface area contributed by atoms with E-state index in [-0.39, 0.29) is 24.7 Å². The van der Waals surface area contributed by atoms with Crippen molar-refractivity contribution in [2.45, 2.75) is 52.1 Å². The first-order valence-electron chi connectivity index (χ1n) is 6.78. The van der Waals surface area contributed by atoms with Gasteiger partial charge in [-0.25, -0.2) is 4.79 Å². The Morgan fingerprint density at radius 2 is 2.16 bits per heavy atom. The quantitative estimate of drug-likeness (QED) is 0.720. The third-order valence-corrected chi connectivity index (χ3v) is 4.01. The van der Waals surface area contributed by atoms with Gasteiger partial charge in [0.05, 0.1) is 0 Å². The average Bonchev–Trinajstić information content (AvgIpc) is 2.73. The molecule has 0 fully saturated rings. The van der Waals surface area contributed by atoms with Crippen LogP contribution in [-0.4, -0.2) is 29.8 Å². The summed E-state index contributed by atoms with van der Waals surface area (Å²) in [6, 6.07) is 4.20. The number of carbonyl (C=O) groups excluding carboxylic acids is 1. The maximum Gasteiger partial charge on any atom is 0.315 e. The van der Waals surface area contributed by atoms with Crippen molar-refractivity contribution in [3.8, 4) is 0 Å². The van der Waals surface area contributed by atoms with E-state index in [1.165, 1.54) is 9.75 Å². The van der Waals surface area contributed by atoms with Crippen molar-refractivity contribution in [2.24, 2.45) is 0 Å². The van der Waals surface area contributed by atoms with Crippen LogP contribution in [0.25, 0.3) is 0 Å². The van der Waals surface area contributed by atoms with Crippen molar-refractivity contribution >= 4 is 17.4 Å². The Balaban J connectivity index is 2.34. The molecular formula is C14H24N2O2S. The number of carbonyl (C=O) groups is 1. The van der Waals surface area contributed by atoms with Crippen LogP contribution in [0.3, 0.4) is 0 Å². The maximum absolute atomic E-state index is 11.8. The molecule has 1 aromatic heterocycles. The predicted molar refractivity (Wildman–Crippen MR) is 79.7 cm³/mol. The monoisotopic (exact) mass is 284 g/mol. The van der Waals surface area contributed by atoms with Crippen LogP contribution < -0.4 is 10.6 Å². The number of amides is 2. The van der Waals surface area contributed by atoms with Gasteiger partial charge in [0.25, 0.3) is 0 Å². The Morgan fingerprint density at radius 1 is 1.42 bits per heavy atom. The van der Waals surface area contributed by atoms with Gasteiger partial charge >= 0.3 is 6.03 Å². The Kier molecular flexibility index (Phi) is 6.87. The number of aryl methyl sites for hydroxylation is 1. The third kappa shape index (κ3) is 6.07. The first kappa shape index (κ1) is 16.0. The largest absolute Gasteiger partial charge is 0.396 e. The van der Waals surface area contributed by atoms with Gasteiger partial charge in [0.15, 0.2) is 0 Å². The summed E-state index contributed by atoms with van der Waals surface area (Å²) in [7, 11) is 0. The molecule has 0 bridgehead atoms. The summed E-state index contributed by atoms with van der Waals surface area (Å²) in [6.07, 6.45) is 2.28. The van der Waals surface area contributed by atoms with Crippen LogP contribution in [0.4, 0.5) is 4.79 Å². The van der Waals surface area contributed by atoms with E-state index in [1.807, 2.05) is 13.8 Å². The highest BCUT2D eigenvalue weighted by Gasteiger charge is 2.12. The standard InChI is InChI=1S/C14H24N2O2S/c1-4-12(7-8-17)16-14(18)15-10(2)9-13-6-5-11(3)19-13/h5-6,10,12,17H,4,7-9H2,1-3H3,(H2,15,16,18). The van der Waals surface area contributed by atoms with Gasteiger partial charge in [0.2, 0.25) is 0 Å². The summed E-state index contributed by atoms with van der Waals surface area (Å²) in [5.41, 5.74) is 0. The fourth-order valence-electron chi connectivity index (χ4n) is 1.93. The molecule has 0 aliphatic carbocycles. The molecule has 2 atom stereocenters. The van der Waals surface area contributed by atoms with Crippen molar-refractivity contribution in [1.82, 2.24) is 10.6 Å². The van der Waals surface area contributed by atoms with Crippen LogP contribution in [0.15, 0.2) is 12.1 Å². The second-order valence-corrected chi connectivity index (χ2v) is 6.23. The van der Waals surface area contributed by atoms with E-state index in [1.54, 1.807) is 11.3 Å². The second-order valence-electron chi connectivity index (χ2n) is 4.85. The zero-order chi connectivity index (χ0) is 14.3. The lowest BCUT2D eigenvalue weighted by molar-refractivity contribution is 0.225. The number of rotatable bonds is 7. The van der Waals surface area contributed by atoms with Crippen molar-refractivity contribution in [3.63, 3.8) is 0 Å². The van der Waals surface area contributed by atoms with Crippen LogP contribution in [0.1, 0.15) is 36.4 Å². The Hall–Kier alpha value is -1.07. The van der Waals surface area contributed by atoms with E-state index >= 15 is 0 Å². The summed E-state index contributed by atoms with van der Waals surface area (Å²) in [5, 5.41) is 14.7. The molecule has 1 rings (SSSR count). The van der Waals surface area contributed by atoms with Gasteiger partial charge < -0.3 is 15.7 Å². The molecule has 0 aromatic carbocycles. The molecule has 19 heavy (non-hydrogen) atoms. The second kappa shape index (κ2) is 8.17. The Labute approximate surface area is 119 Å². The fourth-order valence-corrected chi connectivity index (χ4v) is 2.95. The number of thiophene rings is 1. The van der Waals surface area contributed by atoms with Crippen LogP contribution in [0.5, 0.6) is 0 Å². The van der Waals surface area contributed by atoms with E-state index in [4.69, 9.17) is 5.11 Å². The molecule has 2 amide bonds. The number of urea groups is 1. The molecule has 0 spiro atoms. The third-order valence-electron chi connectivity index (χ3n) is 2.99. The minimum atomic E-state index is -0.152. The molecule has 4 nitrogen and oxygen atoms in total. The number of aliphatic hydroxyl groups is 1. The van der Waals surface area contributed by atoms with Crippen molar-refractivity contribution in [1.29, 1.82) is 0 Å². The van der Waals surface area contributed by atoms with Crippen molar-refractivity contribution in [2.75, 3.05) is 6.61 Å². The molecule has 2 unspecified atom stereocenters. The van der Waals surface area contributed by atoms with Crippen LogP contribution in [0, 0.1) is 6.92 Å². The van der Waals surface area contributed by atoms with Gasteiger partial charge in [-0.15, -0.1) is 11.3 Å². The van der Waals surface area contributed by atoms with Crippen molar-refractivity contribution < 1.29 is 9.90 Å². The molecule has 3 N–H and O–H groups in total. The van der Waals surface area contributed by atoms with Crippen LogP contribution >= 0.6 is 11.3 Å². The first-order valence-corrected chi connectivity index (χ1v) is 7.60. The molecular weight excluding hydrogens is 260 g/mol. The zero-order valence-electron chi connectivity index (χ0n) is 11.9. The summed E-state index contributed by atoms with van der Waals surface area (Å²) >= 11 is 1.76. The Bertz CT molecular complexity index is 393. The molecule has 0 saturated heterocycles. The first-order chi connectivity index (χ1) is 9.05. The van der Waals surface area contributed by atoms with E-state index in [0.29, 0.717) is 6.42 Å². The minimum Gasteiger partial charge on any atom is -0.396 e. The lowest BCUT2D eigenvalue weighted by Crippen LogP contribution is -2.46.